The predicted octanol–water partition coefficient (Wildman–Crippen LogP) is 2.09. The van der Waals surface area contributed by atoms with Gasteiger partial charge in [-0.25, -0.2) is 4.39 Å². The molecule has 1 atom stereocenters. The zero-order chi connectivity index (χ0) is 13.9. The first-order valence-electron chi connectivity index (χ1n) is 5.58. The van der Waals surface area contributed by atoms with Gasteiger partial charge in [0.15, 0.2) is 0 Å². The van der Waals surface area contributed by atoms with Crippen molar-refractivity contribution in [1.82, 2.24) is 4.90 Å². The molecule has 1 unspecified atom stereocenters. The fraction of sp³-hybridized carbons (Fsp3) is 0.385. The molecule has 0 spiro atoms. The summed E-state index contributed by atoms with van der Waals surface area (Å²) in [4.78, 5) is 13.5. The smallest absolute Gasteiger partial charge is 0.256 e. The van der Waals surface area contributed by atoms with Crippen molar-refractivity contribution in [2.24, 2.45) is 0 Å². The molecular weight excluding hydrogens is 233 g/mol. The first-order chi connectivity index (χ1) is 8.38. The lowest BCUT2D eigenvalue weighted by Crippen LogP contribution is -2.35. The van der Waals surface area contributed by atoms with E-state index in [0.717, 1.165) is 0 Å². The van der Waals surface area contributed by atoms with E-state index in [1.807, 2.05) is 6.07 Å². The second-order valence-electron chi connectivity index (χ2n) is 4.33. The van der Waals surface area contributed by atoms with E-state index >= 15 is 0 Å². The Morgan fingerprint density at radius 1 is 1.61 bits per heavy atom. The Morgan fingerprint density at radius 2 is 2.22 bits per heavy atom. The Labute approximate surface area is 106 Å². The van der Waals surface area contributed by atoms with Crippen LogP contribution in [0.25, 0.3) is 0 Å². The van der Waals surface area contributed by atoms with Gasteiger partial charge in [-0.15, -0.1) is 0 Å². The van der Waals surface area contributed by atoms with Crippen LogP contribution in [0.4, 0.5) is 10.1 Å². The van der Waals surface area contributed by atoms with Gasteiger partial charge in [0.2, 0.25) is 0 Å². The van der Waals surface area contributed by atoms with Crippen molar-refractivity contribution >= 4 is 11.6 Å². The van der Waals surface area contributed by atoms with Crippen LogP contribution in [-0.4, -0.2) is 23.9 Å². The van der Waals surface area contributed by atoms with Gasteiger partial charge in [-0.1, -0.05) is 0 Å². The zero-order valence-corrected chi connectivity index (χ0v) is 10.7. The summed E-state index contributed by atoms with van der Waals surface area (Å²) in [5, 5.41) is 8.60. The molecule has 2 N–H and O–H groups in total. The van der Waals surface area contributed by atoms with Gasteiger partial charge in [-0.05, 0) is 31.5 Å². The minimum absolute atomic E-state index is 0.0558. The molecule has 18 heavy (non-hydrogen) atoms. The second-order valence-corrected chi connectivity index (χ2v) is 4.33. The molecule has 0 aromatic heterocycles. The summed E-state index contributed by atoms with van der Waals surface area (Å²) in [6.45, 7) is 3.29. The average Bonchev–Trinajstić information content (AvgIpc) is 2.32. The van der Waals surface area contributed by atoms with E-state index in [4.69, 9.17) is 11.0 Å². The standard InChI is InChI=1S/C13H16FN3O/c1-8-6-10(16)7-11(12(8)14)13(18)17(3)9(2)4-5-15/h6-7,9H,4,16H2,1-3H3. The molecular formula is C13H16FN3O. The van der Waals surface area contributed by atoms with Gasteiger partial charge < -0.3 is 10.6 Å². The normalized spacial score (nSPS) is 11.7. The highest BCUT2D eigenvalue weighted by Gasteiger charge is 2.21. The molecule has 0 radical (unpaired) electrons. The summed E-state index contributed by atoms with van der Waals surface area (Å²) in [5.74, 6) is -1.03. The summed E-state index contributed by atoms with van der Waals surface area (Å²) in [5.41, 5.74) is 6.23. The van der Waals surface area contributed by atoms with Crippen LogP contribution in [0.15, 0.2) is 12.1 Å². The van der Waals surface area contributed by atoms with Gasteiger partial charge >= 0.3 is 0 Å². The topological polar surface area (TPSA) is 70.1 Å². The van der Waals surface area contributed by atoms with Gasteiger partial charge in [0, 0.05) is 18.8 Å². The summed E-state index contributed by atoms with van der Waals surface area (Å²) >= 11 is 0. The van der Waals surface area contributed by atoms with Crippen LogP contribution in [0.1, 0.15) is 29.3 Å². The maximum absolute atomic E-state index is 13.9. The lowest BCUT2D eigenvalue weighted by molar-refractivity contribution is 0.0741. The Morgan fingerprint density at radius 3 is 2.78 bits per heavy atom. The molecule has 0 aliphatic carbocycles. The number of anilines is 1. The monoisotopic (exact) mass is 249 g/mol. The van der Waals surface area contributed by atoms with E-state index in [1.165, 1.54) is 17.0 Å². The quantitative estimate of drug-likeness (QED) is 0.834. The van der Waals surface area contributed by atoms with Crippen molar-refractivity contribution in [3.63, 3.8) is 0 Å². The molecule has 0 aliphatic rings. The molecule has 96 valence electrons. The number of amides is 1. The van der Waals surface area contributed by atoms with Crippen molar-refractivity contribution in [3.8, 4) is 6.07 Å². The highest BCUT2D eigenvalue weighted by molar-refractivity contribution is 5.95. The zero-order valence-electron chi connectivity index (χ0n) is 10.7. The van der Waals surface area contributed by atoms with Crippen molar-refractivity contribution < 1.29 is 9.18 Å². The lowest BCUT2D eigenvalue weighted by atomic mass is 10.1. The Bertz CT molecular complexity index is 508. The first kappa shape index (κ1) is 14.0. The average molecular weight is 249 g/mol. The van der Waals surface area contributed by atoms with Crippen molar-refractivity contribution in [1.29, 1.82) is 5.26 Å². The van der Waals surface area contributed by atoms with Crippen LogP contribution in [-0.2, 0) is 0 Å². The van der Waals surface area contributed by atoms with Crippen LogP contribution in [0.2, 0.25) is 0 Å². The van der Waals surface area contributed by atoms with Crippen LogP contribution in [0.5, 0.6) is 0 Å². The number of carbonyl (C=O) groups excluding carboxylic acids is 1. The Kier molecular flexibility index (Phi) is 4.27. The number of nitrogens with two attached hydrogens (primary N) is 1. The summed E-state index contributed by atoms with van der Waals surface area (Å²) in [7, 11) is 1.54. The molecule has 0 fully saturated rings. The number of rotatable bonds is 3. The summed E-state index contributed by atoms with van der Waals surface area (Å²) in [6, 6.07) is 4.50. The SMILES string of the molecule is Cc1cc(N)cc(C(=O)N(C)C(C)CC#N)c1F. The minimum Gasteiger partial charge on any atom is -0.399 e. The molecule has 0 heterocycles. The molecule has 1 rings (SSSR count). The molecule has 1 amide bonds. The molecule has 1 aromatic carbocycles. The number of hydrogen-bond donors (Lipinski definition) is 1. The van der Waals surface area contributed by atoms with Crippen molar-refractivity contribution in [3.05, 3.63) is 29.1 Å². The second kappa shape index (κ2) is 5.50. The largest absolute Gasteiger partial charge is 0.399 e. The van der Waals surface area contributed by atoms with Crippen LogP contribution >= 0.6 is 0 Å². The maximum atomic E-state index is 13.9. The Hall–Kier alpha value is -2.09. The molecule has 1 aromatic rings. The van der Waals surface area contributed by atoms with E-state index in [0.29, 0.717) is 11.3 Å². The Balaban J connectivity index is 3.08. The molecule has 0 aliphatic heterocycles. The third-order valence-corrected chi connectivity index (χ3v) is 2.88. The van der Waals surface area contributed by atoms with Gasteiger partial charge in [0.25, 0.3) is 5.91 Å². The van der Waals surface area contributed by atoms with Crippen LogP contribution in [0, 0.1) is 24.1 Å². The number of nitriles is 1. The highest BCUT2D eigenvalue weighted by Crippen LogP contribution is 2.19. The van der Waals surface area contributed by atoms with E-state index in [2.05, 4.69) is 0 Å². The molecule has 0 bridgehead atoms. The summed E-state index contributed by atoms with van der Waals surface area (Å²) < 4.78 is 13.9. The number of nitrogens with zero attached hydrogens (tertiary/aromatic N) is 2. The molecule has 4 nitrogen and oxygen atoms in total. The molecule has 5 heteroatoms. The lowest BCUT2D eigenvalue weighted by Gasteiger charge is -2.23. The fourth-order valence-electron chi connectivity index (χ4n) is 1.61. The number of nitrogen functional groups attached to an aromatic ring is 1. The number of halogens is 1. The molecule has 0 saturated carbocycles. The van der Waals surface area contributed by atoms with Gasteiger partial charge in [0.1, 0.15) is 5.82 Å². The number of hydrogen-bond acceptors (Lipinski definition) is 3. The number of aryl methyl sites for hydroxylation is 1. The van der Waals surface area contributed by atoms with Gasteiger partial charge in [-0.3, -0.25) is 4.79 Å². The van der Waals surface area contributed by atoms with E-state index < -0.39 is 11.7 Å². The van der Waals surface area contributed by atoms with E-state index in [9.17, 15) is 9.18 Å². The van der Waals surface area contributed by atoms with E-state index in [1.54, 1.807) is 20.9 Å². The number of carbonyl (C=O) groups is 1. The number of benzene rings is 1. The van der Waals surface area contributed by atoms with Crippen molar-refractivity contribution in [2.75, 3.05) is 12.8 Å². The first-order valence-corrected chi connectivity index (χ1v) is 5.58. The molecule has 0 saturated heterocycles. The third kappa shape index (κ3) is 2.77. The van der Waals surface area contributed by atoms with Crippen LogP contribution < -0.4 is 5.73 Å². The predicted molar refractivity (Wildman–Crippen MR) is 67.3 cm³/mol. The van der Waals surface area contributed by atoms with Crippen LogP contribution in [0.3, 0.4) is 0 Å². The highest BCUT2D eigenvalue weighted by atomic mass is 19.1. The van der Waals surface area contributed by atoms with Crippen molar-refractivity contribution in [2.45, 2.75) is 26.3 Å². The minimum atomic E-state index is -0.565. The maximum Gasteiger partial charge on any atom is 0.256 e. The summed E-state index contributed by atoms with van der Waals surface area (Å²) in [6.07, 6.45) is 0.200. The third-order valence-electron chi connectivity index (χ3n) is 2.88. The fourth-order valence-corrected chi connectivity index (χ4v) is 1.61. The van der Waals surface area contributed by atoms with E-state index in [-0.39, 0.29) is 18.0 Å². The van der Waals surface area contributed by atoms with Gasteiger partial charge in [-0.2, -0.15) is 5.26 Å². The van der Waals surface area contributed by atoms with Gasteiger partial charge in [0.05, 0.1) is 18.1 Å².